The number of halogens is 3. The van der Waals surface area contributed by atoms with Crippen LogP contribution >= 0.6 is 0 Å². The summed E-state index contributed by atoms with van der Waals surface area (Å²) in [5.41, 5.74) is -0.205. The Morgan fingerprint density at radius 2 is 1.42 bits per heavy atom. The Hall–Kier alpha value is -3.03. The number of nitrogens with one attached hydrogen (secondary N) is 1. The number of carboxylic acid groups (broad SMARTS) is 2. The van der Waals surface area contributed by atoms with Crippen molar-refractivity contribution in [2.75, 3.05) is 12.4 Å². The summed E-state index contributed by atoms with van der Waals surface area (Å²) in [5.74, 6) is -2.25. The van der Waals surface area contributed by atoms with Gasteiger partial charge >= 0.3 is 18.1 Å². The molecule has 0 heterocycles. The highest BCUT2D eigenvalue weighted by Gasteiger charge is 2.30. The maximum atomic E-state index is 12.1. The predicted octanol–water partition coefficient (Wildman–Crippen LogP) is 3.83. The fourth-order valence-electron chi connectivity index (χ4n) is 1.64. The van der Waals surface area contributed by atoms with Crippen LogP contribution in [0.3, 0.4) is 0 Å². The van der Waals surface area contributed by atoms with E-state index in [9.17, 15) is 22.8 Å². The average molecular weight is 341 g/mol. The highest BCUT2D eigenvalue weighted by Crippen LogP contribution is 2.30. The van der Waals surface area contributed by atoms with Crippen molar-refractivity contribution in [2.24, 2.45) is 0 Å². The largest absolute Gasteiger partial charge is 0.478 e. The highest BCUT2D eigenvalue weighted by molar-refractivity contribution is 5.93. The van der Waals surface area contributed by atoms with Crippen molar-refractivity contribution < 1.29 is 33.0 Å². The smallest absolute Gasteiger partial charge is 0.416 e. The SMILES string of the molecule is CNc1cccc(C(F)(F)F)c1.O=C(O)c1cccc(C(=O)O)c1. The van der Waals surface area contributed by atoms with E-state index < -0.39 is 23.7 Å². The molecule has 0 unspecified atom stereocenters. The van der Waals surface area contributed by atoms with Gasteiger partial charge in [0.1, 0.15) is 0 Å². The van der Waals surface area contributed by atoms with Crippen molar-refractivity contribution in [3.63, 3.8) is 0 Å². The van der Waals surface area contributed by atoms with Crippen molar-refractivity contribution in [2.45, 2.75) is 6.18 Å². The molecule has 0 aliphatic rings. The molecule has 2 aromatic carbocycles. The van der Waals surface area contributed by atoms with E-state index in [0.29, 0.717) is 5.69 Å². The quantitative estimate of drug-likeness (QED) is 0.790. The van der Waals surface area contributed by atoms with Crippen molar-refractivity contribution in [1.82, 2.24) is 0 Å². The zero-order chi connectivity index (χ0) is 18.3. The lowest BCUT2D eigenvalue weighted by atomic mass is 10.1. The summed E-state index contributed by atoms with van der Waals surface area (Å²) in [6, 6.07) is 10.3. The van der Waals surface area contributed by atoms with Gasteiger partial charge in [0.05, 0.1) is 16.7 Å². The van der Waals surface area contributed by atoms with Crippen molar-refractivity contribution in [3.8, 4) is 0 Å². The fourth-order valence-corrected chi connectivity index (χ4v) is 1.64. The maximum absolute atomic E-state index is 12.1. The third-order valence-electron chi connectivity index (χ3n) is 2.84. The Kier molecular flexibility index (Phi) is 6.34. The van der Waals surface area contributed by atoms with Gasteiger partial charge in [0.15, 0.2) is 0 Å². The van der Waals surface area contributed by atoms with Crippen LogP contribution in [0.2, 0.25) is 0 Å². The van der Waals surface area contributed by atoms with Gasteiger partial charge in [-0.1, -0.05) is 12.1 Å². The molecular formula is C16H14F3NO4. The van der Waals surface area contributed by atoms with Gasteiger partial charge in [-0.05, 0) is 36.4 Å². The van der Waals surface area contributed by atoms with E-state index in [1.54, 1.807) is 13.1 Å². The molecule has 0 fully saturated rings. The number of carboxylic acids is 2. The third-order valence-corrected chi connectivity index (χ3v) is 2.84. The molecule has 0 radical (unpaired) electrons. The van der Waals surface area contributed by atoms with Crippen molar-refractivity contribution >= 4 is 17.6 Å². The van der Waals surface area contributed by atoms with Gasteiger partial charge in [0, 0.05) is 12.7 Å². The number of hydrogen-bond acceptors (Lipinski definition) is 3. The van der Waals surface area contributed by atoms with Gasteiger partial charge in [-0.25, -0.2) is 9.59 Å². The molecule has 0 saturated carbocycles. The van der Waals surface area contributed by atoms with Gasteiger partial charge in [-0.2, -0.15) is 13.2 Å². The van der Waals surface area contributed by atoms with E-state index in [4.69, 9.17) is 10.2 Å². The third kappa shape index (κ3) is 5.64. The number of alkyl halides is 3. The molecule has 0 atom stereocenters. The number of hydrogen-bond donors (Lipinski definition) is 3. The van der Waals surface area contributed by atoms with Crippen LogP contribution < -0.4 is 5.32 Å². The Bertz CT molecular complexity index is 700. The van der Waals surface area contributed by atoms with Crippen molar-refractivity contribution in [1.29, 1.82) is 0 Å². The fraction of sp³-hybridized carbons (Fsp3) is 0.125. The number of anilines is 1. The van der Waals surface area contributed by atoms with Gasteiger partial charge in [0.25, 0.3) is 0 Å². The van der Waals surface area contributed by atoms with E-state index in [2.05, 4.69) is 5.32 Å². The molecule has 2 rings (SSSR count). The molecular weight excluding hydrogens is 327 g/mol. The maximum Gasteiger partial charge on any atom is 0.416 e. The first-order valence-corrected chi connectivity index (χ1v) is 6.57. The number of benzene rings is 2. The summed E-state index contributed by atoms with van der Waals surface area (Å²) in [5, 5.41) is 19.6. The van der Waals surface area contributed by atoms with E-state index in [-0.39, 0.29) is 11.1 Å². The van der Waals surface area contributed by atoms with E-state index >= 15 is 0 Å². The van der Waals surface area contributed by atoms with E-state index in [1.807, 2.05) is 0 Å². The van der Waals surface area contributed by atoms with Crippen LogP contribution in [0.15, 0.2) is 48.5 Å². The first-order chi connectivity index (χ1) is 11.1. The highest BCUT2D eigenvalue weighted by atomic mass is 19.4. The minimum absolute atomic E-state index is 0.0186. The minimum atomic E-state index is -4.26. The molecule has 0 spiro atoms. The summed E-state index contributed by atoms with van der Waals surface area (Å²) in [4.78, 5) is 20.8. The topological polar surface area (TPSA) is 86.6 Å². The number of rotatable bonds is 3. The second kappa shape index (κ2) is 8.00. The molecule has 2 aromatic rings. The molecule has 0 amide bonds. The molecule has 24 heavy (non-hydrogen) atoms. The van der Waals surface area contributed by atoms with E-state index in [0.717, 1.165) is 18.2 Å². The van der Waals surface area contributed by atoms with Gasteiger partial charge < -0.3 is 15.5 Å². The van der Waals surface area contributed by atoms with Crippen LogP contribution in [0, 0.1) is 0 Å². The Morgan fingerprint density at radius 3 is 1.83 bits per heavy atom. The Balaban J connectivity index is 0.000000240. The second-order valence-electron chi connectivity index (χ2n) is 4.52. The minimum Gasteiger partial charge on any atom is -0.478 e. The molecule has 0 aliphatic carbocycles. The van der Waals surface area contributed by atoms with Crippen LogP contribution in [0.4, 0.5) is 18.9 Å². The monoisotopic (exact) mass is 341 g/mol. The molecule has 128 valence electrons. The first kappa shape index (κ1) is 19.0. The predicted molar refractivity (Wildman–Crippen MR) is 81.4 cm³/mol. The molecule has 5 nitrogen and oxygen atoms in total. The van der Waals surface area contributed by atoms with Crippen LogP contribution in [0.25, 0.3) is 0 Å². The number of carbonyl (C=O) groups is 2. The Labute approximate surface area is 135 Å². The molecule has 3 N–H and O–H groups in total. The first-order valence-electron chi connectivity index (χ1n) is 6.57. The molecule has 0 aromatic heterocycles. The van der Waals surface area contributed by atoms with Gasteiger partial charge in [-0.3, -0.25) is 0 Å². The van der Waals surface area contributed by atoms with Crippen molar-refractivity contribution in [3.05, 3.63) is 65.2 Å². The van der Waals surface area contributed by atoms with Crippen LogP contribution in [-0.2, 0) is 6.18 Å². The molecule has 0 saturated heterocycles. The van der Waals surface area contributed by atoms with Crippen LogP contribution in [0.1, 0.15) is 26.3 Å². The zero-order valence-corrected chi connectivity index (χ0v) is 12.5. The standard InChI is InChI=1S/C8H8F3N.C8H6O4/c1-12-7-4-2-3-6(5-7)8(9,10)11;9-7(10)5-2-1-3-6(4-5)8(11)12/h2-5,12H,1H3;1-4H,(H,9,10)(H,11,12). The summed E-state index contributed by atoms with van der Waals surface area (Å²) < 4.78 is 36.2. The summed E-state index contributed by atoms with van der Waals surface area (Å²) in [6.45, 7) is 0. The second-order valence-corrected chi connectivity index (χ2v) is 4.52. The van der Waals surface area contributed by atoms with Gasteiger partial charge in [-0.15, -0.1) is 0 Å². The lowest BCUT2D eigenvalue weighted by Crippen LogP contribution is -2.04. The molecule has 8 heteroatoms. The number of aromatic carboxylic acids is 2. The van der Waals surface area contributed by atoms with E-state index in [1.165, 1.54) is 24.3 Å². The molecule has 0 bridgehead atoms. The normalized spacial score (nSPS) is 10.3. The summed E-state index contributed by atoms with van der Waals surface area (Å²) >= 11 is 0. The lowest BCUT2D eigenvalue weighted by molar-refractivity contribution is -0.137. The zero-order valence-electron chi connectivity index (χ0n) is 12.5. The summed E-state index contributed by atoms with van der Waals surface area (Å²) in [6.07, 6.45) is -4.26. The van der Waals surface area contributed by atoms with Gasteiger partial charge in [0.2, 0.25) is 0 Å². The van der Waals surface area contributed by atoms with Crippen LogP contribution in [0.5, 0.6) is 0 Å². The average Bonchev–Trinajstić information content (AvgIpc) is 2.54. The molecule has 0 aliphatic heterocycles. The van der Waals surface area contributed by atoms with Crippen LogP contribution in [-0.4, -0.2) is 29.2 Å². The summed E-state index contributed by atoms with van der Waals surface area (Å²) in [7, 11) is 1.58. The lowest BCUT2D eigenvalue weighted by Gasteiger charge is -2.07. The Morgan fingerprint density at radius 1 is 0.917 bits per heavy atom.